The van der Waals surface area contributed by atoms with Crippen molar-refractivity contribution in [3.8, 4) is 5.75 Å². The third kappa shape index (κ3) is 2.87. The molecule has 0 aliphatic carbocycles. The van der Waals surface area contributed by atoms with Gasteiger partial charge in [-0.25, -0.2) is 4.39 Å². The van der Waals surface area contributed by atoms with E-state index in [0.717, 1.165) is 11.6 Å². The fourth-order valence-electron chi connectivity index (χ4n) is 1.60. The first-order valence-corrected chi connectivity index (χ1v) is 6.59. The Bertz CT molecular complexity index is 601. The molecule has 0 heterocycles. The molecule has 0 aliphatic rings. The van der Waals surface area contributed by atoms with Crippen molar-refractivity contribution in [3.05, 3.63) is 53.8 Å². The van der Waals surface area contributed by atoms with E-state index in [-0.39, 0.29) is 17.2 Å². The molecule has 0 saturated carbocycles. The lowest BCUT2D eigenvalue weighted by Crippen LogP contribution is -2.01. The highest BCUT2D eigenvalue weighted by molar-refractivity contribution is 7.84. The molecule has 0 aromatic heterocycles. The van der Waals surface area contributed by atoms with Gasteiger partial charge in [-0.3, -0.25) is 4.21 Å². The van der Waals surface area contributed by atoms with Crippen molar-refractivity contribution in [2.24, 2.45) is 0 Å². The lowest BCUT2D eigenvalue weighted by Gasteiger charge is -2.06. The number of hydrogen-bond donors (Lipinski definition) is 2. The fraction of sp³-hybridized carbons (Fsp3) is 0.0769. The third-order valence-corrected chi connectivity index (χ3v) is 3.88. The molecular weight excluding hydrogens is 253 g/mol. The molecule has 1 atom stereocenters. The number of halogens is 1. The van der Waals surface area contributed by atoms with Crippen LogP contribution in [0.15, 0.2) is 47.4 Å². The Morgan fingerprint density at radius 3 is 2.67 bits per heavy atom. The molecule has 0 saturated heterocycles. The summed E-state index contributed by atoms with van der Waals surface area (Å²) in [6.45, 7) is 0. The summed E-state index contributed by atoms with van der Waals surface area (Å²) < 4.78 is 25.0. The van der Waals surface area contributed by atoms with E-state index in [9.17, 15) is 13.7 Å². The fourth-order valence-corrected chi connectivity index (χ4v) is 2.78. The van der Waals surface area contributed by atoms with Crippen LogP contribution in [0.2, 0.25) is 0 Å². The van der Waals surface area contributed by atoms with Crippen molar-refractivity contribution in [1.82, 2.24) is 0 Å². The van der Waals surface area contributed by atoms with Crippen LogP contribution in [-0.2, 0) is 16.6 Å². The van der Waals surface area contributed by atoms with Gasteiger partial charge < -0.3 is 10.8 Å². The van der Waals surface area contributed by atoms with Gasteiger partial charge in [0.2, 0.25) is 0 Å². The number of phenols is 1. The Morgan fingerprint density at radius 2 is 2.00 bits per heavy atom. The highest BCUT2D eigenvalue weighted by atomic mass is 32.2. The summed E-state index contributed by atoms with van der Waals surface area (Å²) in [5, 5.41) is 9.31. The minimum absolute atomic E-state index is 0.122. The molecule has 0 aliphatic heterocycles. The second-order valence-electron chi connectivity index (χ2n) is 3.84. The molecule has 2 rings (SSSR count). The summed E-state index contributed by atoms with van der Waals surface area (Å²) in [6, 6.07) is 10.3. The van der Waals surface area contributed by atoms with Crippen LogP contribution in [0.3, 0.4) is 0 Å². The van der Waals surface area contributed by atoms with E-state index >= 15 is 0 Å². The topological polar surface area (TPSA) is 63.3 Å². The Labute approximate surface area is 107 Å². The van der Waals surface area contributed by atoms with Crippen molar-refractivity contribution < 1.29 is 13.7 Å². The number of benzene rings is 2. The number of nitrogen functional groups attached to an aromatic ring is 1. The van der Waals surface area contributed by atoms with Gasteiger partial charge >= 0.3 is 0 Å². The lowest BCUT2D eigenvalue weighted by atomic mass is 10.2. The van der Waals surface area contributed by atoms with Crippen molar-refractivity contribution in [3.63, 3.8) is 0 Å². The standard InChI is InChI=1S/C13H12FNO2S/c14-10-4-5-13(12(15)7-10)18(17)8-9-2-1-3-11(16)6-9/h1-7,16H,8,15H2. The summed E-state index contributed by atoms with van der Waals surface area (Å²) in [6.07, 6.45) is 0. The van der Waals surface area contributed by atoms with Gasteiger partial charge in [-0.05, 0) is 35.9 Å². The first-order chi connectivity index (χ1) is 8.56. The maximum Gasteiger partial charge on any atom is 0.125 e. The summed E-state index contributed by atoms with van der Waals surface area (Å²) in [7, 11) is -1.37. The molecule has 94 valence electrons. The number of nitrogens with two attached hydrogens (primary N) is 1. The molecule has 0 bridgehead atoms. The zero-order chi connectivity index (χ0) is 13.1. The van der Waals surface area contributed by atoms with Gasteiger partial charge in [0.25, 0.3) is 0 Å². The molecule has 3 N–H and O–H groups in total. The van der Waals surface area contributed by atoms with Gasteiger partial charge in [-0.2, -0.15) is 0 Å². The number of hydrogen-bond acceptors (Lipinski definition) is 3. The Hall–Kier alpha value is -1.88. The van der Waals surface area contributed by atoms with Gasteiger partial charge in [0.1, 0.15) is 11.6 Å². The first-order valence-electron chi connectivity index (χ1n) is 5.27. The smallest absolute Gasteiger partial charge is 0.125 e. The van der Waals surface area contributed by atoms with Crippen LogP contribution in [-0.4, -0.2) is 9.32 Å². The highest BCUT2D eigenvalue weighted by Gasteiger charge is 2.10. The number of phenolic OH excluding ortho intramolecular Hbond substituents is 1. The van der Waals surface area contributed by atoms with Crippen LogP contribution in [0.1, 0.15) is 5.56 Å². The third-order valence-electron chi connectivity index (χ3n) is 2.43. The van der Waals surface area contributed by atoms with E-state index < -0.39 is 16.6 Å². The van der Waals surface area contributed by atoms with Crippen LogP contribution in [0.25, 0.3) is 0 Å². The Kier molecular flexibility index (Phi) is 3.62. The maximum atomic E-state index is 12.9. The van der Waals surface area contributed by atoms with Crippen LogP contribution < -0.4 is 5.73 Å². The second kappa shape index (κ2) is 5.18. The van der Waals surface area contributed by atoms with Crippen LogP contribution in [0.4, 0.5) is 10.1 Å². The first kappa shape index (κ1) is 12.6. The molecule has 0 spiro atoms. The van der Waals surface area contributed by atoms with Crippen molar-refractivity contribution in [2.45, 2.75) is 10.6 Å². The SMILES string of the molecule is Nc1cc(F)ccc1S(=O)Cc1cccc(O)c1. The average Bonchev–Trinajstić information content (AvgIpc) is 2.28. The molecule has 5 heteroatoms. The average molecular weight is 265 g/mol. The predicted octanol–water partition coefficient (Wildman–Crippen LogP) is 2.42. The number of anilines is 1. The molecule has 0 radical (unpaired) electrons. The van der Waals surface area contributed by atoms with E-state index in [0.29, 0.717) is 4.90 Å². The number of aromatic hydroxyl groups is 1. The van der Waals surface area contributed by atoms with Crippen molar-refractivity contribution in [2.75, 3.05) is 5.73 Å². The summed E-state index contributed by atoms with van der Waals surface area (Å²) in [5.41, 5.74) is 6.53. The molecule has 2 aromatic rings. The maximum absolute atomic E-state index is 12.9. The summed E-state index contributed by atoms with van der Waals surface area (Å²) in [5.74, 6) is -0.105. The van der Waals surface area contributed by atoms with Crippen molar-refractivity contribution in [1.29, 1.82) is 0 Å². The van der Waals surface area contributed by atoms with E-state index in [1.807, 2.05) is 0 Å². The second-order valence-corrected chi connectivity index (χ2v) is 5.26. The van der Waals surface area contributed by atoms with E-state index in [1.54, 1.807) is 18.2 Å². The van der Waals surface area contributed by atoms with Gasteiger partial charge in [-0.15, -0.1) is 0 Å². The molecule has 2 aromatic carbocycles. The highest BCUT2D eigenvalue weighted by Crippen LogP contribution is 2.21. The lowest BCUT2D eigenvalue weighted by molar-refractivity contribution is 0.475. The minimum Gasteiger partial charge on any atom is -0.508 e. The Balaban J connectivity index is 2.22. The van der Waals surface area contributed by atoms with Crippen molar-refractivity contribution >= 4 is 16.5 Å². The van der Waals surface area contributed by atoms with Gasteiger partial charge in [-0.1, -0.05) is 12.1 Å². The van der Waals surface area contributed by atoms with E-state index in [2.05, 4.69) is 0 Å². The van der Waals surface area contributed by atoms with Gasteiger partial charge in [0.15, 0.2) is 0 Å². The largest absolute Gasteiger partial charge is 0.508 e. The molecule has 18 heavy (non-hydrogen) atoms. The van der Waals surface area contributed by atoms with Crippen LogP contribution in [0.5, 0.6) is 5.75 Å². The summed E-state index contributed by atoms with van der Waals surface area (Å²) >= 11 is 0. The number of rotatable bonds is 3. The molecule has 3 nitrogen and oxygen atoms in total. The summed E-state index contributed by atoms with van der Waals surface area (Å²) in [4.78, 5) is 0.403. The molecule has 0 fully saturated rings. The van der Waals surface area contributed by atoms with Crippen LogP contribution in [0, 0.1) is 5.82 Å². The monoisotopic (exact) mass is 265 g/mol. The molecule has 0 amide bonds. The van der Waals surface area contributed by atoms with Gasteiger partial charge in [0, 0.05) is 0 Å². The minimum atomic E-state index is -1.37. The predicted molar refractivity (Wildman–Crippen MR) is 69.0 cm³/mol. The molecular formula is C13H12FNO2S. The zero-order valence-corrected chi connectivity index (χ0v) is 10.3. The van der Waals surface area contributed by atoms with Gasteiger partial charge in [0.05, 0.1) is 27.1 Å². The Morgan fingerprint density at radius 1 is 1.22 bits per heavy atom. The van der Waals surface area contributed by atoms with E-state index in [1.165, 1.54) is 18.2 Å². The van der Waals surface area contributed by atoms with Crippen LogP contribution >= 0.6 is 0 Å². The normalized spacial score (nSPS) is 12.3. The quantitative estimate of drug-likeness (QED) is 0.838. The van der Waals surface area contributed by atoms with E-state index in [4.69, 9.17) is 5.73 Å². The molecule has 1 unspecified atom stereocenters. The zero-order valence-electron chi connectivity index (χ0n) is 9.47.